The van der Waals surface area contributed by atoms with E-state index in [1.165, 1.54) is 18.2 Å². The highest BCUT2D eigenvalue weighted by Gasteiger charge is 2.36. The molecule has 0 unspecified atom stereocenters. The first-order valence-electron chi connectivity index (χ1n) is 6.60. The number of benzene rings is 1. The molecule has 0 spiro atoms. The summed E-state index contributed by atoms with van der Waals surface area (Å²) in [7, 11) is 0. The molecule has 114 valence electrons. The van der Waals surface area contributed by atoms with Gasteiger partial charge in [-0.05, 0) is 47.0 Å². The van der Waals surface area contributed by atoms with Crippen molar-refractivity contribution < 1.29 is 14.4 Å². The molecule has 1 aromatic rings. The largest absolute Gasteiger partial charge is 0.409 e. The third kappa shape index (κ3) is 3.18. The molecule has 1 aliphatic rings. The van der Waals surface area contributed by atoms with Gasteiger partial charge in [0.05, 0.1) is 5.56 Å². The van der Waals surface area contributed by atoms with Gasteiger partial charge in [-0.25, -0.2) is 4.39 Å². The van der Waals surface area contributed by atoms with Gasteiger partial charge in [0.2, 0.25) is 0 Å². The summed E-state index contributed by atoms with van der Waals surface area (Å²) < 4.78 is 13.9. The molecule has 0 aliphatic carbocycles. The summed E-state index contributed by atoms with van der Waals surface area (Å²) in [5.74, 6) is -0.482. The summed E-state index contributed by atoms with van der Waals surface area (Å²) in [5.41, 5.74) is 5.59. The van der Waals surface area contributed by atoms with E-state index < -0.39 is 11.2 Å². The van der Waals surface area contributed by atoms with Gasteiger partial charge in [0, 0.05) is 23.0 Å². The molecule has 3 N–H and O–H groups in total. The van der Waals surface area contributed by atoms with Crippen LogP contribution in [-0.2, 0) is 0 Å². The van der Waals surface area contributed by atoms with E-state index in [-0.39, 0.29) is 11.7 Å². The molecule has 0 bridgehead atoms. The first kappa shape index (κ1) is 15.8. The van der Waals surface area contributed by atoms with E-state index in [1.807, 2.05) is 6.92 Å². The fourth-order valence-corrected chi connectivity index (χ4v) is 2.83. The Labute approximate surface area is 130 Å². The molecule has 1 heterocycles. The lowest BCUT2D eigenvalue weighted by molar-refractivity contribution is 0.0665. The highest BCUT2D eigenvalue weighted by Crippen LogP contribution is 2.32. The quantitative estimate of drug-likeness (QED) is 0.369. The second kappa shape index (κ2) is 6.01. The van der Waals surface area contributed by atoms with E-state index >= 15 is 0 Å². The first-order valence-corrected chi connectivity index (χ1v) is 7.39. The molecule has 1 fully saturated rings. The molecule has 5 nitrogen and oxygen atoms in total. The normalized spacial score (nSPS) is 18.6. The lowest BCUT2D eigenvalue weighted by Crippen LogP contribution is -2.47. The number of carbonyl (C=O) groups excluding carboxylic acids is 1. The van der Waals surface area contributed by atoms with E-state index in [1.54, 1.807) is 4.90 Å². The van der Waals surface area contributed by atoms with E-state index in [9.17, 15) is 9.18 Å². The smallest absolute Gasteiger partial charge is 0.255 e. The van der Waals surface area contributed by atoms with Crippen LogP contribution in [0, 0.1) is 11.2 Å². The molecule has 1 amide bonds. The second-order valence-electron chi connectivity index (χ2n) is 5.46. The molecule has 7 heteroatoms. The van der Waals surface area contributed by atoms with Crippen LogP contribution >= 0.6 is 15.9 Å². The third-order valence-corrected chi connectivity index (χ3v) is 4.73. The van der Waals surface area contributed by atoms with Crippen LogP contribution in [-0.4, -0.2) is 34.9 Å². The highest BCUT2D eigenvalue weighted by molar-refractivity contribution is 9.10. The number of hydrogen-bond donors (Lipinski definition) is 2. The van der Waals surface area contributed by atoms with Crippen LogP contribution in [0.1, 0.15) is 30.1 Å². The summed E-state index contributed by atoms with van der Waals surface area (Å²) in [4.78, 5) is 14.1. The molecular formula is C14H17BrFN3O2. The summed E-state index contributed by atoms with van der Waals surface area (Å²) in [6, 6.07) is 4.04. The van der Waals surface area contributed by atoms with Gasteiger partial charge in [0.15, 0.2) is 0 Å². The first-order chi connectivity index (χ1) is 9.87. The van der Waals surface area contributed by atoms with Crippen molar-refractivity contribution >= 4 is 27.7 Å². The lowest BCUT2D eigenvalue weighted by atomic mass is 9.79. The van der Waals surface area contributed by atoms with Crippen molar-refractivity contribution in [3.63, 3.8) is 0 Å². The van der Waals surface area contributed by atoms with Crippen molar-refractivity contribution in [2.75, 3.05) is 13.1 Å². The van der Waals surface area contributed by atoms with E-state index in [0.29, 0.717) is 36.0 Å². The topological polar surface area (TPSA) is 78.9 Å². The van der Waals surface area contributed by atoms with Gasteiger partial charge in [-0.3, -0.25) is 4.79 Å². The van der Waals surface area contributed by atoms with Crippen LogP contribution in [0.25, 0.3) is 0 Å². The Hall–Kier alpha value is -1.63. The Kier molecular flexibility index (Phi) is 4.51. The number of hydrogen-bond acceptors (Lipinski definition) is 3. The zero-order chi connectivity index (χ0) is 15.6. The van der Waals surface area contributed by atoms with Gasteiger partial charge < -0.3 is 15.8 Å². The number of nitrogens with two attached hydrogens (primary N) is 1. The number of carbonyl (C=O) groups is 1. The van der Waals surface area contributed by atoms with Crippen LogP contribution in [0.3, 0.4) is 0 Å². The third-order valence-electron chi connectivity index (χ3n) is 4.04. The van der Waals surface area contributed by atoms with Crippen LogP contribution in [0.4, 0.5) is 4.39 Å². The Morgan fingerprint density at radius 1 is 1.48 bits per heavy atom. The van der Waals surface area contributed by atoms with Crippen molar-refractivity contribution in [3.8, 4) is 0 Å². The average molecular weight is 358 g/mol. The van der Waals surface area contributed by atoms with E-state index in [2.05, 4.69) is 21.1 Å². The maximum Gasteiger partial charge on any atom is 0.255 e. The number of halogens is 2. The standard InChI is InChI=1S/C14H17BrFN3O2/c1-14(13(17)18-21)4-6-19(7-5-14)12(20)10-8-9(16)2-3-11(10)15/h2-3,8,21H,4-7H2,1H3,(H2,17,18). The summed E-state index contributed by atoms with van der Waals surface area (Å²) in [6.07, 6.45) is 1.20. The van der Waals surface area contributed by atoms with Gasteiger partial charge in [0.1, 0.15) is 11.7 Å². The number of oxime groups is 1. The Morgan fingerprint density at radius 3 is 2.67 bits per heavy atom. The molecule has 0 atom stereocenters. The number of amidine groups is 1. The van der Waals surface area contributed by atoms with Crippen molar-refractivity contribution in [2.45, 2.75) is 19.8 Å². The van der Waals surface area contributed by atoms with Crippen LogP contribution < -0.4 is 5.73 Å². The minimum atomic E-state index is -0.444. The fourth-order valence-electron chi connectivity index (χ4n) is 2.41. The number of amides is 1. The molecule has 0 radical (unpaired) electrons. The van der Waals surface area contributed by atoms with E-state index in [4.69, 9.17) is 10.9 Å². The lowest BCUT2D eigenvalue weighted by Gasteiger charge is -2.38. The number of piperidine rings is 1. The van der Waals surface area contributed by atoms with Gasteiger partial charge >= 0.3 is 0 Å². The van der Waals surface area contributed by atoms with Crippen molar-refractivity contribution in [1.29, 1.82) is 0 Å². The van der Waals surface area contributed by atoms with Crippen LogP contribution in [0.15, 0.2) is 27.8 Å². The summed E-state index contributed by atoms with van der Waals surface area (Å²) >= 11 is 3.27. The molecule has 1 aromatic carbocycles. The summed E-state index contributed by atoms with van der Waals surface area (Å²) in [6.45, 7) is 2.87. The molecular weight excluding hydrogens is 341 g/mol. The highest BCUT2D eigenvalue weighted by atomic mass is 79.9. The Balaban J connectivity index is 2.12. The van der Waals surface area contributed by atoms with Gasteiger partial charge in [0.25, 0.3) is 5.91 Å². The molecule has 2 rings (SSSR count). The molecule has 21 heavy (non-hydrogen) atoms. The van der Waals surface area contributed by atoms with Crippen LogP contribution in [0.5, 0.6) is 0 Å². The fraction of sp³-hybridized carbons (Fsp3) is 0.429. The molecule has 1 saturated heterocycles. The van der Waals surface area contributed by atoms with Gasteiger partial charge in [-0.15, -0.1) is 0 Å². The molecule has 1 aliphatic heterocycles. The minimum Gasteiger partial charge on any atom is -0.409 e. The maximum atomic E-state index is 13.3. The monoisotopic (exact) mass is 357 g/mol. The number of nitrogens with zero attached hydrogens (tertiary/aromatic N) is 2. The SMILES string of the molecule is CC1(/C(N)=N/O)CCN(C(=O)c2cc(F)ccc2Br)CC1. The van der Waals surface area contributed by atoms with E-state index in [0.717, 1.165) is 0 Å². The number of rotatable bonds is 2. The predicted molar refractivity (Wildman–Crippen MR) is 80.8 cm³/mol. The average Bonchev–Trinajstić information content (AvgIpc) is 2.49. The minimum absolute atomic E-state index is 0.182. The molecule has 0 aromatic heterocycles. The zero-order valence-corrected chi connectivity index (χ0v) is 13.2. The van der Waals surface area contributed by atoms with Crippen molar-refractivity contribution in [1.82, 2.24) is 4.90 Å². The Bertz CT molecular complexity index is 584. The molecule has 0 saturated carbocycles. The predicted octanol–water partition coefficient (Wildman–Crippen LogP) is 2.58. The van der Waals surface area contributed by atoms with Gasteiger partial charge in [-0.1, -0.05) is 12.1 Å². The summed E-state index contributed by atoms with van der Waals surface area (Å²) in [5, 5.41) is 11.9. The maximum absolute atomic E-state index is 13.3. The van der Waals surface area contributed by atoms with Crippen molar-refractivity contribution in [2.24, 2.45) is 16.3 Å². The second-order valence-corrected chi connectivity index (χ2v) is 6.32. The number of likely N-dealkylation sites (tertiary alicyclic amines) is 1. The zero-order valence-electron chi connectivity index (χ0n) is 11.6. The van der Waals surface area contributed by atoms with Gasteiger partial charge in [-0.2, -0.15) is 0 Å². The Morgan fingerprint density at radius 2 is 2.10 bits per heavy atom. The van der Waals surface area contributed by atoms with Crippen LogP contribution in [0.2, 0.25) is 0 Å². The van der Waals surface area contributed by atoms with Crippen molar-refractivity contribution in [3.05, 3.63) is 34.1 Å².